The molecule has 52 heavy (non-hydrogen) atoms. The van der Waals surface area contributed by atoms with E-state index >= 15 is 0 Å². The van der Waals surface area contributed by atoms with Crippen LogP contribution in [0, 0.1) is 0 Å². The van der Waals surface area contributed by atoms with Gasteiger partial charge in [-0.2, -0.15) is 0 Å². The fourth-order valence-corrected chi connectivity index (χ4v) is 8.14. The Morgan fingerprint density at radius 3 is 2.02 bits per heavy atom. The molecule has 0 saturated carbocycles. The summed E-state index contributed by atoms with van der Waals surface area (Å²) in [7, 11) is 0. The maximum absolute atomic E-state index is 6.51. The summed E-state index contributed by atoms with van der Waals surface area (Å²) in [5.41, 5.74) is 12.9. The lowest BCUT2D eigenvalue weighted by Gasteiger charge is -2.12. The third-order valence-electron chi connectivity index (χ3n) is 10.6. The Labute approximate surface area is 299 Å². The molecule has 8 aromatic carbocycles. The molecule has 0 saturated heterocycles. The van der Waals surface area contributed by atoms with Gasteiger partial charge < -0.3 is 8.98 Å². The van der Waals surface area contributed by atoms with E-state index in [2.05, 4.69) is 187 Å². The summed E-state index contributed by atoms with van der Waals surface area (Å²) < 4.78 is 8.86. The first-order valence-electron chi connectivity index (χ1n) is 17.7. The van der Waals surface area contributed by atoms with Crippen molar-refractivity contribution in [2.24, 2.45) is 0 Å². The lowest BCUT2D eigenvalue weighted by atomic mass is 9.94. The third-order valence-corrected chi connectivity index (χ3v) is 10.6. The number of pyridine rings is 1. The fourth-order valence-electron chi connectivity index (χ4n) is 8.14. The minimum Gasteiger partial charge on any atom is -0.456 e. The number of rotatable bonds is 4. The molecular weight excluding hydrogens is 633 g/mol. The highest BCUT2D eigenvalue weighted by molar-refractivity contribution is 6.15. The van der Waals surface area contributed by atoms with Crippen LogP contribution in [-0.4, -0.2) is 9.55 Å². The van der Waals surface area contributed by atoms with Crippen molar-refractivity contribution < 1.29 is 4.42 Å². The molecule has 11 aromatic rings. The van der Waals surface area contributed by atoms with Gasteiger partial charge in [0.25, 0.3) is 0 Å². The first-order chi connectivity index (χ1) is 25.8. The molecule has 0 aliphatic heterocycles. The summed E-state index contributed by atoms with van der Waals surface area (Å²) in [5.74, 6) is 0. The monoisotopic (exact) mass is 662 g/mol. The average Bonchev–Trinajstić information content (AvgIpc) is 3.76. The first kappa shape index (κ1) is 28.8. The van der Waals surface area contributed by atoms with Gasteiger partial charge in [-0.3, -0.25) is 0 Å². The van der Waals surface area contributed by atoms with E-state index in [-0.39, 0.29) is 0 Å². The molecular formula is C49H30N2O. The Morgan fingerprint density at radius 2 is 1.12 bits per heavy atom. The van der Waals surface area contributed by atoms with Gasteiger partial charge in [-0.15, -0.1) is 0 Å². The topological polar surface area (TPSA) is 31.0 Å². The predicted molar refractivity (Wildman–Crippen MR) is 217 cm³/mol. The van der Waals surface area contributed by atoms with Gasteiger partial charge >= 0.3 is 0 Å². The molecule has 3 aromatic heterocycles. The number of aromatic nitrogens is 2. The van der Waals surface area contributed by atoms with Crippen molar-refractivity contribution in [3.8, 4) is 39.2 Å². The molecule has 0 radical (unpaired) electrons. The molecule has 3 nitrogen and oxygen atoms in total. The number of hydrogen-bond donors (Lipinski definition) is 0. The molecule has 11 rings (SSSR count). The molecule has 0 unspecified atom stereocenters. The van der Waals surface area contributed by atoms with Crippen molar-refractivity contribution in [3.63, 3.8) is 0 Å². The van der Waals surface area contributed by atoms with Crippen LogP contribution in [0.25, 0.3) is 105 Å². The molecule has 0 amide bonds. The smallest absolute Gasteiger partial charge is 0.136 e. The van der Waals surface area contributed by atoms with Gasteiger partial charge in [0, 0.05) is 38.2 Å². The van der Waals surface area contributed by atoms with Gasteiger partial charge in [-0.25, -0.2) is 4.98 Å². The predicted octanol–water partition coefficient (Wildman–Crippen LogP) is 13.4. The van der Waals surface area contributed by atoms with Crippen molar-refractivity contribution in [3.05, 3.63) is 182 Å². The van der Waals surface area contributed by atoms with Crippen LogP contribution < -0.4 is 0 Å². The van der Waals surface area contributed by atoms with Gasteiger partial charge in [0.1, 0.15) is 11.2 Å². The first-order valence-corrected chi connectivity index (χ1v) is 17.7. The van der Waals surface area contributed by atoms with Crippen molar-refractivity contribution in [2.75, 3.05) is 0 Å². The summed E-state index contributed by atoms with van der Waals surface area (Å²) in [5, 5.41) is 8.22. The summed E-state index contributed by atoms with van der Waals surface area (Å²) in [4.78, 5) is 5.26. The quantitative estimate of drug-likeness (QED) is 0.188. The highest BCUT2D eigenvalue weighted by Crippen LogP contribution is 2.41. The summed E-state index contributed by atoms with van der Waals surface area (Å²) >= 11 is 0. The van der Waals surface area contributed by atoms with Crippen LogP contribution >= 0.6 is 0 Å². The van der Waals surface area contributed by atoms with E-state index in [1.165, 1.54) is 49.3 Å². The lowest BCUT2D eigenvalue weighted by molar-refractivity contribution is 0.669. The van der Waals surface area contributed by atoms with Crippen molar-refractivity contribution in [2.45, 2.75) is 0 Å². The highest BCUT2D eigenvalue weighted by Gasteiger charge is 2.18. The Bertz CT molecular complexity index is 3190. The van der Waals surface area contributed by atoms with E-state index in [9.17, 15) is 0 Å². The maximum atomic E-state index is 6.51. The molecule has 0 aliphatic carbocycles. The minimum absolute atomic E-state index is 0.855. The Morgan fingerprint density at radius 1 is 0.404 bits per heavy atom. The van der Waals surface area contributed by atoms with E-state index in [0.717, 1.165) is 55.3 Å². The van der Waals surface area contributed by atoms with Crippen molar-refractivity contribution in [1.82, 2.24) is 9.55 Å². The van der Waals surface area contributed by atoms with Crippen LogP contribution in [0.2, 0.25) is 0 Å². The summed E-state index contributed by atoms with van der Waals surface area (Å²) in [6.07, 6.45) is 0. The zero-order valence-electron chi connectivity index (χ0n) is 28.1. The fraction of sp³-hybridized carbons (Fsp3) is 0. The van der Waals surface area contributed by atoms with Gasteiger partial charge in [-0.1, -0.05) is 115 Å². The SMILES string of the molecule is c1ccc(-n2c3ccccc3c3cc(-c4ccc5oc6cccc(-c7cc(-c8ccc9ccccc9c8)c8ccccc8n7)c6c5c4)ccc32)cc1. The standard InChI is InChI=1S/C49H30N2O/c1-2-13-36(14-3-1)51-45-19-9-7-16-38(45)41-28-33(23-25-46(41)51)34-24-26-47-42(29-34)49-39(17-10-20-48(49)52-47)44-30-40(37-15-6-8-18-43(37)50-44)35-22-21-31-11-4-5-12-32(31)27-35/h1-30H. The van der Waals surface area contributed by atoms with Crippen LogP contribution in [0.4, 0.5) is 0 Å². The average molecular weight is 663 g/mol. The van der Waals surface area contributed by atoms with Crippen molar-refractivity contribution in [1.29, 1.82) is 0 Å². The summed E-state index contributed by atoms with van der Waals surface area (Å²) in [6.45, 7) is 0. The Hall–Kier alpha value is -6.97. The lowest BCUT2D eigenvalue weighted by Crippen LogP contribution is -1.92. The van der Waals surface area contributed by atoms with Crippen LogP contribution in [0.3, 0.4) is 0 Å². The molecule has 3 heteroatoms. The molecule has 3 heterocycles. The van der Waals surface area contributed by atoms with E-state index in [1.54, 1.807) is 0 Å². The highest BCUT2D eigenvalue weighted by atomic mass is 16.3. The second-order valence-corrected chi connectivity index (χ2v) is 13.5. The molecule has 0 spiro atoms. The number of para-hydroxylation sites is 3. The van der Waals surface area contributed by atoms with Crippen LogP contribution in [0.15, 0.2) is 186 Å². The Kier molecular flexibility index (Phi) is 6.25. The largest absolute Gasteiger partial charge is 0.456 e. The second kappa shape index (κ2) is 11.3. The van der Waals surface area contributed by atoms with E-state index in [4.69, 9.17) is 9.40 Å². The zero-order chi connectivity index (χ0) is 34.2. The van der Waals surface area contributed by atoms with Gasteiger partial charge in [0.05, 0.1) is 22.2 Å². The van der Waals surface area contributed by atoms with Crippen LogP contribution in [0.5, 0.6) is 0 Å². The molecule has 0 bridgehead atoms. The van der Waals surface area contributed by atoms with Crippen molar-refractivity contribution >= 4 is 65.4 Å². The van der Waals surface area contributed by atoms with Gasteiger partial charge in [0.2, 0.25) is 0 Å². The second-order valence-electron chi connectivity index (χ2n) is 13.5. The van der Waals surface area contributed by atoms with Gasteiger partial charge in [-0.05, 0) is 99.8 Å². The number of fused-ring (bicyclic) bond motifs is 8. The molecule has 0 fully saturated rings. The zero-order valence-corrected chi connectivity index (χ0v) is 28.1. The molecule has 0 N–H and O–H groups in total. The van der Waals surface area contributed by atoms with E-state index in [0.29, 0.717) is 0 Å². The molecule has 0 aliphatic rings. The van der Waals surface area contributed by atoms with Crippen LogP contribution in [0.1, 0.15) is 0 Å². The van der Waals surface area contributed by atoms with E-state index in [1.807, 2.05) is 0 Å². The summed E-state index contributed by atoms with van der Waals surface area (Å²) in [6, 6.07) is 64.9. The van der Waals surface area contributed by atoms with Crippen LogP contribution in [-0.2, 0) is 0 Å². The number of nitrogens with zero attached hydrogens (tertiary/aromatic N) is 2. The number of hydrogen-bond acceptors (Lipinski definition) is 2. The number of benzene rings is 8. The molecule has 242 valence electrons. The number of furan rings is 1. The Balaban J connectivity index is 1.10. The maximum Gasteiger partial charge on any atom is 0.136 e. The van der Waals surface area contributed by atoms with E-state index < -0.39 is 0 Å². The van der Waals surface area contributed by atoms with Gasteiger partial charge in [0.15, 0.2) is 0 Å². The molecule has 0 atom stereocenters. The normalized spacial score (nSPS) is 11.8. The third kappa shape index (κ3) is 4.43. The minimum atomic E-state index is 0.855.